The van der Waals surface area contributed by atoms with Crippen molar-refractivity contribution in [3.8, 4) is 11.5 Å². The van der Waals surface area contributed by atoms with Crippen LogP contribution in [-0.2, 0) is 12.8 Å². The molecule has 0 saturated carbocycles. The van der Waals surface area contributed by atoms with Gasteiger partial charge in [-0.2, -0.15) is 0 Å². The van der Waals surface area contributed by atoms with E-state index in [1.807, 2.05) is 19.1 Å². The maximum absolute atomic E-state index is 12.6. The van der Waals surface area contributed by atoms with E-state index in [1.165, 1.54) is 36.8 Å². The van der Waals surface area contributed by atoms with Crippen LogP contribution >= 0.6 is 0 Å². The van der Waals surface area contributed by atoms with Crippen LogP contribution in [0.2, 0.25) is 0 Å². The average molecular weight is 347 g/mol. The minimum atomic E-state index is -0.0905. The molecule has 0 radical (unpaired) electrons. The number of rotatable bonds is 4. The molecule has 1 aliphatic carbocycles. The van der Waals surface area contributed by atoms with Crippen molar-refractivity contribution >= 4 is 5.91 Å². The monoisotopic (exact) mass is 347 g/mol. The maximum atomic E-state index is 12.6. The predicted octanol–water partition coefficient (Wildman–Crippen LogP) is 4.11. The Morgan fingerprint density at radius 3 is 2.58 bits per heavy atom. The Hall–Kier alpha value is -2.95. The van der Waals surface area contributed by atoms with Gasteiger partial charge < -0.3 is 9.73 Å². The molecule has 0 saturated heterocycles. The molecule has 0 unspecified atom stereocenters. The zero-order valence-corrected chi connectivity index (χ0v) is 14.7. The molecule has 1 heterocycles. The Balaban J connectivity index is 1.45. The second kappa shape index (κ2) is 7.12. The van der Waals surface area contributed by atoms with Crippen molar-refractivity contribution in [2.75, 3.05) is 0 Å². The summed E-state index contributed by atoms with van der Waals surface area (Å²) in [5.74, 6) is 0.353. The standard InChI is InChI=1S/C21H21N3O2/c1-14(18-11-6-15-4-2-3-5-19(15)12-18)23-20(25)16-7-9-17(10-8-16)21-24-22-13-26-21/h6-14H,2-5H2,1H3,(H,23,25)/t14-/m1/s1. The summed E-state index contributed by atoms with van der Waals surface area (Å²) in [7, 11) is 0. The van der Waals surface area contributed by atoms with E-state index in [0.717, 1.165) is 17.5 Å². The first-order valence-corrected chi connectivity index (χ1v) is 9.00. The molecule has 1 amide bonds. The Kier molecular flexibility index (Phi) is 4.52. The van der Waals surface area contributed by atoms with E-state index in [2.05, 4.69) is 33.7 Å². The van der Waals surface area contributed by atoms with E-state index < -0.39 is 0 Å². The number of fused-ring (bicyclic) bond motifs is 1. The number of hydrogen-bond acceptors (Lipinski definition) is 4. The highest BCUT2D eigenvalue weighted by Gasteiger charge is 2.15. The maximum Gasteiger partial charge on any atom is 0.251 e. The van der Waals surface area contributed by atoms with Crippen LogP contribution in [0.15, 0.2) is 53.3 Å². The van der Waals surface area contributed by atoms with Gasteiger partial charge in [-0.15, -0.1) is 10.2 Å². The summed E-state index contributed by atoms with van der Waals surface area (Å²) in [6.07, 6.45) is 6.13. The number of aryl methyl sites for hydroxylation is 2. The molecule has 26 heavy (non-hydrogen) atoms. The van der Waals surface area contributed by atoms with E-state index in [-0.39, 0.29) is 11.9 Å². The fourth-order valence-corrected chi connectivity index (χ4v) is 3.45. The molecule has 4 rings (SSSR count). The van der Waals surface area contributed by atoms with Crippen molar-refractivity contribution in [3.63, 3.8) is 0 Å². The molecule has 1 aliphatic rings. The van der Waals surface area contributed by atoms with Crippen LogP contribution in [0.1, 0.15) is 52.9 Å². The molecular formula is C21H21N3O2. The highest BCUT2D eigenvalue weighted by molar-refractivity contribution is 5.94. The van der Waals surface area contributed by atoms with Gasteiger partial charge in [0, 0.05) is 11.1 Å². The van der Waals surface area contributed by atoms with Crippen molar-refractivity contribution in [1.82, 2.24) is 15.5 Å². The fourth-order valence-electron chi connectivity index (χ4n) is 3.45. The van der Waals surface area contributed by atoms with E-state index in [1.54, 1.807) is 12.1 Å². The summed E-state index contributed by atoms with van der Waals surface area (Å²) in [6, 6.07) is 13.7. The van der Waals surface area contributed by atoms with Crippen LogP contribution in [0, 0.1) is 0 Å². The first-order valence-electron chi connectivity index (χ1n) is 9.00. The molecule has 0 spiro atoms. The summed E-state index contributed by atoms with van der Waals surface area (Å²) in [5.41, 5.74) is 5.44. The van der Waals surface area contributed by atoms with Crippen molar-refractivity contribution in [2.45, 2.75) is 38.6 Å². The van der Waals surface area contributed by atoms with Gasteiger partial charge in [-0.05, 0) is 73.6 Å². The number of nitrogens with zero attached hydrogens (tertiary/aromatic N) is 2. The molecule has 0 aliphatic heterocycles. The van der Waals surface area contributed by atoms with E-state index in [0.29, 0.717) is 11.5 Å². The van der Waals surface area contributed by atoms with Gasteiger partial charge in [0.15, 0.2) is 0 Å². The van der Waals surface area contributed by atoms with E-state index in [9.17, 15) is 4.79 Å². The number of nitrogens with one attached hydrogen (secondary N) is 1. The SMILES string of the molecule is C[C@@H](NC(=O)c1ccc(-c2nnco2)cc1)c1ccc2c(c1)CCCC2. The molecule has 3 aromatic rings. The van der Waals surface area contributed by atoms with Gasteiger partial charge in [0.05, 0.1) is 6.04 Å². The summed E-state index contributed by atoms with van der Waals surface area (Å²) in [6.45, 7) is 2.02. The molecule has 5 heteroatoms. The third kappa shape index (κ3) is 3.38. The number of carbonyl (C=O) groups excluding carboxylic acids is 1. The molecule has 1 atom stereocenters. The van der Waals surface area contributed by atoms with Crippen LogP contribution < -0.4 is 5.32 Å². The van der Waals surface area contributed by atoms with Crippen molar-refractivity contribution in [3.05, 3.63) is 71.1 Å². The zero-order valence-electron chi connectivity index (χ0n) is 14.7. The van der Waals surface area contributed by atoms with Crippen molar-refractivity contribution < 1.29 is 9.21 Å². The second-order valence-corrected chi connectivity index (χ2v) is 6.75. The lowest BCUT2D eigenvalue weighted by molar-refractivity contribution is 0.0940. The smallest absolute Gasteiger partial charge is 0.251 e. The van der Waals surface area contributed by atoms with Gasteiger partial charge >= 0.3 is 0 Å². The quantitative estimate of drug-likeness (QED) is 0.771. The third-order valence-corrected chi connectivity index (χ3v) is 4.97. The van der Waals surface area contributed by atoms with Crippen LogP contribution in [-0.4, -0.2) is 16.1 Å². The van der Waals surface area contributed by atoms with Gasteiger partial charge in [0.2, 0.25) is 12.3 Å². The number of aromatic nitrogens is 2. The van der Waals surface area contributed by atoms with Crippen LogP contribution in [0.25, 0.3) is 11.5 Å². The van der Waals surface area contributed by atoms with Crippen LogP contribution in [0.5, 0.6) is 0 Å². The van der Waals surface area contributed by atoms with Crippen molar-refractivity contribution in [1.29, 1.82) is 0 Å². The number of amides is 1. The molecule has 0 bridgehead atoms. The molecule has 2 aromatic carbocycles. The lowest BCUT2D eigenvalue weighted by Crippen LogP contribution is -2.26. The Bertz CT molecular complexity index is 902. The zero-order chi connectivity index (χ0) is 17.9. The topological polar surface area (TPSA) is 68.0 Å². The highest BCUT2D eigenvalue weighted by Crippen LogP contribution is 2.25. The molecule has 5 nitrogen and oxygen atoms in total. The fraction of sp³-hybridized carbons (Fsp3) is 0.286. The van der Waals surface area contributed by atoms with E-state index >= 15 is 0 Å². The Morgan fingerprint density at radius 2 is 1.85 bits per heavy atom. The molecule has 132 valence electrons. The minimum Gasteiger partial charge on any atom is -0.423 e. The first kappa shape index (κ1) is 16.5. The molecule has 1 N–H and O–H groups in total. The van der Waals surface area contributed by atoms with Gasteiger partial charge in [-0.25, -0.2) is 0 Å². The molecule has 1 aromatic heterocycles. The molecule has 0 fully saturated rings. The summed E-state index contributed by atoms with van der Waals surface area (Å²) in [4.78, 5) is 12.6. The largest absolute Gasteiger partial charge is 0.423 e. The lowest BCUT2D eigenvalue weighted by Gasteiger charge is -2.20. The van der Waals surface area contributed by atoms with Crippen molar-refractivity contribution in [2.24, 2.45) is 0 Å². The van der Waals surface area contributed by atoms with Crippen LogP contribution in [0.4, 0.5) is 0 Å². The number of hydrogen-bond donors (Lipinski definition) is 1. The second-order valence-electron chi connectivity index (χ2n) is 6.75. The number of carbonyl (C=O) groups is 1. The third-order valence-electron chi connectivity index (χ3n) is 4.97. The predicted molar refractivity (Wildman–Crippen MR) is 98.7 cm³/mol. The highest BCUT2D eigenvalue weighted by atomic mass is 16.4. The summed E-state index contributed by atoms with van der Waals surface area (Å²) < 4.78 is 5.16. The van der Waals surface area contributed by atoms with Gasteiger partial charge in [0.25, 0.3) is 5.91 Å². The van der Waals surface area contributed by atoms with Crippen LogP contribution in [0.3, 0.4) is 0 Å². The lowest BCUT2D eigenvalue weighted by atomic mass is 9.89. The van der Waals surface area contributed by atoms with Gasteiger partial charge in [0.1, 0.15) is 0 Å². The summed E-state index contributed by atoms with van der Waals surface area (Å²) in [5, 5.41) is 10.6. The average Bonchev–Trinajstić information content (AvgIpc) is 3.22. The minimum absolute atomic E-state index is 0.0367. The summed E-state index contributed by atoms with van der Waals surface area (Å²) >= 11 is 0. The van der Waals surface area contributed by atoms with Gasteiger partial charge in [-0.1, -0.05) is 18.2 Å². The first-order chi connectivity index (χ1) is 12.7. The Morgan fingerprint density at radius 1 is 1.08 bits per heavy atom. The number of benzene rings is 2. The van der Waals surface area contributed by atoms with E-state index in [4.69, 9.17) is 4.42 Å². The van der Waals surface area contributed by atoms with Gasteiger partial charge in [-0.3, -0.25) is 4.79 Å². The molecular weight excluding hydrogens is 326 g/mol. The normalized spacial score (nSPS) is 14.5. The Labute approximate surface area is 152 Å².